The summed E-state index contributed by atoms with van der Waals surface area (Å²) in [4.78, 5) is 26.9. The lowest BCUT2D eigenvalue weighted by Gasteiger charge is -2.20. The molecule has 0 saturated carbocycles. The molecule has 0 aliphatic heterocycles. The van der Waals surface area contributed by atoms with Crippen molar-refractivity contribution in [1.82, 2.24) is 14.9 Å². The average Bonchev–Trinajstić information content (AvgIpc) is 2.56. The number of aromatic nitrogens is 2. The van der Waals surface area contributed by atoms with E-state index in [0.29, 0.717) is 11.4 Å². The van der Waals surface area contributed by atoms with Crippen LogP contribution in [-0.2, 0) is 11.8 Å². The normalized spacial score (nSPS) is 12.5. The molecule has 100 valence electrons. The van der Waals surface area contributed by atoms with Gasteiger partial charge in [-0.25, -0.2) is 4.98 Å². The minimum atomic E-state index is -0.921. The molecule has 18 heavy (non-hydrogen) atoms. The van der Waals surface area contributed by atoms with E-state index in [0.717, 1.165) is 0 Å². The molecule has 0 fully saturated rings. The Labute approximate surface area is 106 Å². The van der Waals surface area contributed by atoms with Crippen molar-refractivity contribution in [1.29, 1.82) is 0 Å². The Morgan fingerprint density at radius 2 is 2.11 bits per heavy atom. The number of aryl methyl sites for hydroxylation is 2. The number of hydrogen-bond acceptors (Lipinski definition) is 3. The van der Waals surface area contributed by atoms with Gasteiger partial charge in [-0.3, -0.25) is 9.59 Å². The van der Waals surface area contributed by atoms with Crippen LogP contribution in [-0.4, -0.2) is 32.6 Å². The number of rotatable bonds is 5. The van der Waals surface area contributed by atoms with Gasteiger partial charge in [-0.2, -0.15) is 0 Å². The summed E-state index contributed by atoms with van der Waals surface area (Å²) in [6.45, 7) is 5.50. The van der Waals surface area contributed by atoms with E-state index in [4.69, 9.17) is 5.11 Å². The molecule has 1 heterocycles. The second-order valence-corrected chi connectivity index (χ2v) is 4.71. The van der Waals surface area contributed by atoms with Crippen molar-refractivity contribution in [3.8, 4) is 0 Å². The van der Waals surface area contributed by atoms with E-state index in [1.54, 1.807) is 24.9 Å². The molecule has 0 bridgehead atoms. The van der Waals surface area contributed by atoms with Crippen LogP contribution in [0.1, 0.15) is 36.5 Å². The van der Waals surface area contributed by atoms with Crippen LogP contribution in [0.4, 0.5) is 0 Å². The lowest BCUT2D eigenvalue weighted by Crippen LogP contribution is -2.41. The fourth-order valence-electron chi connectivity index (χ4n) is 1.75. The number of imidazole rings is 1. The summed E-state index contributed by atoms with van der Waals surface area (Å²) in [6.07, 6.45) is 1.48. The highest BCUT2D eigenvalue weighted by atomic mass is 16.4. The van der Waals surface area contributed by atoms with E-state index in [1.807, 2.05) is 13.8 Å². The first kappa shape index (κ1) is 14.2. The molecule has 0 aliphatic rings. The minimum absolute atomic E-state index is 0.0542. The van der Waals surface area contributed by atoms with E-state index in [2.05, 4.69) is 10.3 Å². The largest absolute Gasteiger partial charge is 0.481 e. The number of nitrogens with one attached hydrogen (secondary N) is 1. The second-order valence-electron chi connectivity index (χ2n) is 4.71. The van der Waals surface area contributed by atoms with Gasteiger partial charge >= 0.3 is 5.97 Å². The monoisotopic (exact) mass is 253 g/mol. The van der Waals surface area contributed by atoms with E-state index in [-0.39, 0.29) is 24.3 Å². The Morgan fingerprint density at radius 3 is 2.50 bits per heavy atom. The minimum Gasteiger partial charge on any atom is -0.481 e. The summed E-state index contributed by atoms with van der Waals surface area (Å²) >= 11 is 0. The van der Waals surface area contributed by atoms with Crippen LogP contribution >= 0.6 is 0 Å². The zero-order valence-electron chi connectivity index (χ0n) is 11.1. The molecule has 1 rings (SSSR count). The van der Waals surface area contributed by atoms with Crippen molar-refractivity contribution in [2.45, 2.75) is 33.2 Å². The third-order valence-electron chi connectivity index (χ3n) is 2.85. The summed E-state index contributed by atoms with van der Waals surface area (Å²) in [5.41, 5.74) is 1.10. The van der Waals surface area contributed by atoms with Crippen LogP contribution in [0.3, 0.4) is 0 Å². The number of aliphatic carboxylic acids is 1. The maximum absolute atomic E-state index is 12.1. The Morgan fingerprint density at radius 1 is 1.50 bits per heavy atom. The predicted octanol–water partition coefficient (Wildman–Crippen LogP) is 0.958. The molecule has 1 atom stereocenters. The third kappa shape index (κ3) is 3.32. The summed E-state index contributed by atoms with van der Waals surface area (Å²) in [5, 5.41) is 11.6. The molecule has 0 spiro atoms. The zero-order chi connectivity index (χ0) is 13.9. The second kappa shape index (κ2) is 5.66. The topological polar surface area (TPSA) is 84.2 Å². The van der Waals surface area contributed by atoms with Crippen molar-refractivity contribution < 1.29 is 14.7 Å². The van der Waals surface area contributed by atoms with Gasteiger partial charge in [0.05, 0.1) is 18.4 Å². The molecule has 1 aromatic rings. The third-order valence-corrected chi connectivity index (χ3v) is 2.85. The van der Waals surface area contributed by atoms with Gasteiger partial charge in [0, 0.05) is 13.1 Å². The lowest BCUT2D eigenvalue weighted by atomic mass is 10.0. The molecule has 1 aromatic heterocycles. The smallest absolute Gasteiger partial charge is 0.305 e. The molecule has 2 N–H and O–H groups in total. The maximum atomic E-state index is 12.1. The Bertz CT molecular complexity index is 432. The molecule has 6 nitrogen and oxygen atoms in total. The SMILES string of the molecule is Cc1ncn(C)c1C(=O)N[C@@H](CC(=O)O)C(C)C. The van der Waals surface area contributed by atoms with Crippen LogP contribution in [0.2, 0.25) is 0 Å². The van der Waals surface area contributed by atoms with E-state index in [9.17, 15) is 9.59 Å². The number of hydrogen-bond donors (Lipinski definition) is 2. The fourth-order valence-corrected chi connectivity index (χ4v) is 1.75. The highest BCUT2D eigenvalue weighted by Gasteiger charge is 2.22. The van der Waals surface area contributed by atoms with Gasteiger partial charge in [0.25, 0.3) is 5.91 Å². The van der Waals surface area contributed by atoms with Crippen LogP contribution in [0, 0.1) is 12.8 Å². The first-order valence-electron chi connectivity index (χ1n) is 5.83. The molecular formula is C12H19N3O3. The molecule has 0 aliphatic carbocycles. The highest BCUT2D eigenvalue weighted by molar-refractivity contribution is 5.94. The van der Waals surface area contributed by atoms with Crippen LogP contribution in [0.25, 0.3) is 0 Å². The van der Waals surface area contributed by atoms with Gasteiger partial charge < -0.3 is 15.0 Å². The van der Waals surface area contributed by atoms with E-state index < -0.39 is 5.97 Å². The van der Waals surface area contributed by atoms with Gasteiger partial charge in [-0.05, 0) is 12.8 Å². The summed E-state index contributed by atoms with van der Waals surface area (Å²) in [6, 6.07) is -0.385. The Kier molecular flexibility index (Phi) is 4.47. The molecule has 0 unspecified atom stereocenters. The van der Waals surface area contributed by atoms with Crippen LogP contribution in [0.5, 0.6) is 0 Å². The Hall–Kier alpha value is -1.85. The molecule has 0 saturated heterocycles. The van der Waals surface area contributed by atoms with Crippen molar-refractivity contribution in [2.24, 2.45) is 13.0 Å². The first-order valence-corrected chi connectivity index (χ1v) is 5.83. The van der Waals surface area contributed by atoms with Crippen molar-refractivity contribution in [3.05, 3.63) is 17.7 Å². The summed E-state index contributed by atoms with van der Waals surface area (Å²) < 4.78 is 1.63. The van der Waals surface area contributed by atoms with Gasteiger partial charge in [0.15, 0.2) is 0 Å². The molecule has 0 aromatic carbocycles. The first-order chi connectivity index (χ1) is 8.32. The Balaban J connectivity index is 2.82. The lowest BCUT2D eigenvalue weighted by molar-refractivity contribution is -0.137. The standard InChI is InChI=1S/C12H19N3O3/c1-7(2)9(5-10(16)17)14-12(18)11-8(3)13-6-15(11)4/h6-7,9H,5H2,1-4H3,(H,14,18)(H,16,17)/t9-/m0/s1. The molecule has 6 heteroatoms. The number of carboxylic acids is 1. The van der Waals surface area contributed by atoms with Gasteiger partial charge in [-0.1, -0.05) is 13.8 Å². The number of amides is 1. The number of carbonyl (C=O) groups is 2. The maximum Gasteiger partial charge on any atom is 0.305 e. The predicted molar refractivity (Wildman–Crippen MR) is 66.3 cm³/mol. The van der Waals surface area contributed by atoms with Crippen LogP contribution < -0.4 is 5.32 Å². The van der Waals surface area contributed by atoms with Crippen LogP contribution in [0.15, 0.2) is 6.33 Å². The van der Waals surface area contributed by atoms with Crippen molar-refractivity contribution in [2.75, 3.05) is 0 Å². The molecule has 1 amide bonds. The molecular weight excluding hydrogens is 234 g/mol. The number of nitrogens with zero attached hydrogens (tertiary/aromatic N) is 2. The number of carboxylic acid groups (broad SMARTS) is 1. The van der Waals surface area contributed by atoms with E-state index >= 15 is 0 Å². The van der Waals surface area contributed by atoms with Crippen molar-refractivity contribution in [3.63, 3.8) is 0 Å². The van der Waals surface area contributed by atoms with E-state index in [1.165, 1.54) is 0 Å². The fraction of sp³-hybridized carbons (Fsp3) is 0.583. The number of carbonyl (C=O) groups excluding carboxylic acids is 1. The molecule has 0 radical (unpaired) electrons. The quantitative estimate of drug-likeness (QED) is 0.818. The summed E-state index contributed by atoms with van der Waals surface area (Å²) in [7, 11) is 1.73. The van der Waals surface area contributed by atoms with Gasteiger partial charge in [0.2, 0.25) is 0 Å². The van der Waals surface area contributed by atoms with Crippen molar-refractivity contribution >= 4 is 11.9 Å². The zero-order valence-corrected chi connectivity index (χ0v) is 11.1. The highest BCUT2D eigenvalue weighted by Crippen LogP contribution is 2.10. The average molecular weight is 253 g/mol. The van der Waals surface area contributed by atoms with Gasteiger partial charge in [-0.15, -0.1) is 0 Å². The summed E-state index contributed by atoms with van der Waals surface area (Å²) in [5.74, 6) is -1.15. The van der Waals surface area contributed by atoms with Gasteiger partial charge in [0.1, 0.15) is 5.69 Å².